The number of hydrogen-bond acceptors (Lipinski definition) is 3. The number of thioether (sulfide) groups is 2. The third-order valence-corrected chi connectivity index (χ3v) is 4.80. The van der Waals surface area contributed by atoms with E-state index in [0.29, 0.717) is 21.6 Å². The summed E-state index contributed by atoms with van der Waals surface area (Å²) < 4.78 is 0.330. The number of hydrogen-bond donors (Lipinski definition) is 0. The maximum Gasteiger partial charge on any atom is 0.164 e. The highest BCUT2D eigenvalue weighted by molar-refractivity contribution is 8.16. The second-order valence-electron chi connectivity index (χ2n) is 3.04. The van der Waals surface area contributed by atoms with Gasteiger partial charge in [0.15, 0.2) is 5.78 Å². The van der Waals surface area contributed by atoms with Crippen molar-refractivity contribution in [2.24, 2.45) is 0 Å². The summed E-state index contributed by atoms with van der Waals surface area (Å²) in [6, 6.07) is 7.12. The van der Waals surface area contributed by atoms with E-state index in [2.05, 4.69) is 0 Å². The Bertz CT molecular complexity index is 337. The van der Waals surface area contributed by atoms with Crippen molar-refractivity contribution in [2.45, 2.75) is 11.0 Å². The third-order valence-electron chi connectivity index (χ3n) is 2.02. The van der Waals surface area contributed by atoms with Gasteiger partial charge in [0.05, 0.1) is 4.58 Å². The summed E-state index contributed by atoms with van der Waals surface area (Å²) >= 11 is 9.24. The van der Waals surface area contributed by atoms with Gasteiger partial charge in [0, 0.05) is 17.0 Å². The number of ketones is 1. The van der Waals surface area contributed by atoms with Crippen LogP contribution < -0.4 is 0 Å². The van der Waals surface area contributed by atoms with Crippen LogP contribution in [-0.2, 0) is 0 Å². The van der Waals surface area contributed by atoms with Crippen LogP contribution in [0, 0.1) is 0 Å². The van der Waals surface area contributed by atoms with Crippen LogP contribution in [-0.4, -0.2) is 22.9 Å². The molecule has 15 heavy (non-hydrogen) atoms. The van der Waals surface area contributed by atoms with Gasteiger partial charge in [0.2, 0.25) is 0 Å². The molecular weight excluding hydrogens is 248 g/mol. The summed E-state index contributed by atoms with van der Waals surface area (Å²) in [5, 5.41) is 0.616. The van der Waals surface area contributed by atoms with E-state index in [-0.39, 0.29) is 5.78 Å². The van der Waals surface area contributed by atoms with E-state index >= 15 is 0 Å². The molecule has 0 atom stereocenters. The van der Waals surface area contributed by atoms with E-state index in [1.54, 1.807) is 35.7 Å². The molecule has 0 N–H and O–H groups in total. The summed E-state index contributed by atoms with van der Waals surface area (Å²) in [5.41, 5.74) is 0.704. The molecule has 82 valence electrons. The quantitative estimate of drug-likeness (QED) is 0.589. The first kappa shape index (κ1) is 12.9. The average Bonchev–Trinajstić information content (AvgIpc) is 2.25. The van der Waals surface area contributed by atoms with Gasteiger partial charge in [-0.15, -0.1) is 0 Å². The summed E-state index contributed by atoms with van der Waals surface area (Å²) in [7, 11) is 0. The standard InChI is InChI=1S/C11H13ClOS2/c1-14-11(15-2)7-10(13)8-4-3-5-9(12)6-8/h3-6,11H,7H2,1-2H3. The van der Waals surface area contributed by atoms with Crippen LogP contribution in [0.3, 0.4) is 0 Å². The van der Waals surface area contributed by atoms with Gasteiger partial charge in [-0.3, -0.25) is 4.79 Å². The number of carbonyl (C=O) groups excluding carboxylic acids is 1. The molecule has 0 unspecified atom stereocenters. The number of carbonyl (C=O) groups is 1. The molecule has 0 saturated heterocycles. The fourth-order valence-corrected chi connectivity index (χ4v) is 2.79. The molecule has 0 radical (unpaired) electrons. The Balaban J connectivity index is 2.68. The van der Waals surface area contributed by atoms with Crippen LogP contribution in [0.15, 0.2) is 24.3 Å². The van der Waals surface area contributed by atoms with Gasteiger partial charge in [-0.2, -0.15) is 23.5 Å². The Morgan fingerprint density at radius 3 is 2.60 bits per heavy atom. The molecule has 0 bridgehead atoms. The van der Waals surface area contributed by atoms with Gasteiger partial charge >= 0.3 is 0 Å². The minimum atomic E-state index is 0.159. The van der Waals surface area contributed by atoms with E-state index in [1.807, 2.05) is 24.6 Å². The number of rotatable bonds is 5. The average molecular weight is 261 g/mol. The van der Waals surface area contributed by atoms with Crippen molar-refractivity contribution in [2.75, 3.05) is 12.5 Å². The zero-order valence-corrected chi connectivity index (χ0v) is 11.1. The van der Waals surface area contributed by atoms with Crippen molar-refractivity contribution in [3.63, 3.8) is 0 Å². The first-order valence-electron chi connectivity index (χ1n) is 4.51. The zero-order chi connectivity index (χ0) is 11.3. The second kappa shape index (κ2) is 6.46. The van der Waals surface area contributed by atoms with Gasteiger partial charge in [0.25, 0.3) is 0 Å². The lowest BCUT2D eigenvalue weighted by Gasteiger charge is -2.10. The molecule has 0 fully saturated rings. The molecule has 0 aliphatic heterocycles. The van der Waals surface area contributed by atoms with Crippen LogP contribution >= 0.6 is 35.1 Å². The summed E-state index contributed by atoms with van der Waals surface area (Å²) in [6.07, 6.45) is 4.60. The predicted molar refractivity (Wildman–Crippen MR) is 71.2 cm³/mol. The fraction of sp³-hybridized carbons (Fsp3) is 0.364. The van der Waals surface area contributed by atoms with Gasteiger partial charge < -0.3 is 0 Å². The highest BCUT2D eigenvalue weighted by Crippen LogP contribution is 2.24. The summed E-state index contributed by atoms with van der Waals surface area (Å²) in [4.78, 5) is 11.8. The second-order valence-corrected chi connectivity index (χ2v) is 5.85. The molecule has 0 amide bonds. The summed E-state index contributed by atoms with van der Waals surface area (Å²) in [5.74, 6) is 0.159. The maximum atomic E-state index is 11.8. The smallest absolute Gasteiger partial charge is 0.164 e. The molecule has 0 aliphatic carbocycles. The van der Waals surface area contributed by atoms with Crippen LogP contribution in [0.25, 0.3) is 0 Å². The summed E-state index contributed by atoms with van der Waals surface area (Å²) in [6.45, 7) is 0. The van der Waals surface area contributed by atoms with Gasteiger partial charge in [-0.25, -0.2) is 0 Å². The van der Waals surface area contributed by atoms with Gasteiger partial charge in [-0.1, -0.05) is 23.7 Å². The molecule has 1 aromatic carbocycles. The van der Waals surface area contributed by atoms with Crippen LogP contribution in [0.5, 0.6) is 0 Å². The molecule has 1 nitrogen and oxygen atoms in total. The lowest BCUT2D eigenvalue weighted by Crippen LogP contribution is -2.07. The first-order valence-corrected chi connectivity index (χ1v) is 7.47. The highest BCUT2D eigenvalue weighted by Gasteiger charge is 2.13. The molecule has 0 aromatic heterocycles. The fourth-order valence-electron chi connectivity index (χ4n) is 1.19. The largest absolute Gasteiger partial charge is 0.294 e. The van der Waals surface area contributed by atoms with Crippen LogP contribution in [0.4, 0.5) is 0 Å². The predicted octanol–water partition coefficient (Wildman–Crippen LogP) is 3.96. The Labute approximate surface area is 104 Å². The lowest BCUT2D eigenvalue weighted by molar-refractivity contribution is 0.0987. The SMILES string of the molecule is CSC(CC(=O)c1cccc(Cl)c1)SC. The zero-order valence-electron chi connectivity index (χ0n) is 8.70. The number of halogens is 1. The van der Waals surface area contributed by atoms with Gasteiger partial charge in [-0.05, 0) is 24.6 Å². The minimum Gasteiger partial charge on any atom is -0.294 e. The number of benzene rings is 1. The third kappa shape index (κ3) is 4.09. The highest BCUT2D eigenvalue weighted by atomic mass is 35.5. The van der Waals surface area contributed by atoms with E-state index < -0.39 is 0 Å². The van der Waals surface area contributed by atoms with E-state index in [1.165, 1.54) is 0 Å². The van der Waals surface area contributed by atoms with Crippen molar-refractivity contribution >= 4 is 40.9 Å². The molecular formula is C11H13ClOS2. The Morgan fingerprint density at radius 2 is 2.07 bits per heavy atom. The van der Waals surface area contributed by atoms with Crippen molar-refractivity contribution in [1.82, 2.24) is 0 Å². The Morgan fingerprint density at radius 1 is 1.40 bits per heavy atom. The minimum absolute atomic E-state index is 0.159. The molecule has 1 aromatic rings. The molecule has 0 heterocycles. The van der Waals surface area contributed by atoms with E-state index in [0.717, 1.165) is 0 Å². The lowest BCUT2D eigenvalue weighted by atomic mass is 10.1. The van der Waals surface area contributed by atoms with Crippen LogP contribution in [0.2, 0.25) is 5.02 Å². The van der Waals surface area contributed by atoms with Crippen LogP contribution in [0.1, 0.15) is 16.8 Å². The normalized spacial score (nSPS) is 10.7. The van der Waals surface area contributed by atoms with Crippen molar-refractivity contribution in [1.29, 1.82) is 0 Å². The van der Waals surface area contributed by atoms with Crippen molar-refractivity contribution in [3.05, 3.63) is 34.9 Å². The van der Waals surface area contributed by atoms with Gasteiger partial charge in [0.1, 0.15) is 0 Å². The Kier molecular flexibility index (Phi) is 5.58. The Hall–Kier alpha value is -0.120. The molecule has 1 rings (SSSR count). The first-order chi connectivity index (χ1) is 7.17. The molecule has 4 heteroatoms. The van der Waals surface area contributed by atoms with Crippen molar-refractivity contribution in [3.8, 4) is 0 Å². The topological polar surface area (TPSA) is 17.1 Å². The monoisotopic (exact) mass is 260 g/mol. The van der Waals surface area contributed by atoms with E-state index in [9.17, 15) is 4.79 Å². The van der Waals surface area contributed by atoms with Crippen molar-refractivity contribution < 1.29 is 4.79 Å². The number of Topliss-reactive ketones (excluding diaryl/α,β-unsaturated/α-hetero) is 1. The molecule has 0 spiro atoms. The molecule has 0 aliphatic rings. The molecule has 0 saturated carbocycles. The maximum absolute atomic E-state index is 11.8. The van der Waals surface area contributed by atoms with E-state index in [4.69, 9.17) is 11.6 Å².